The van der Waals surface area contributed by atoms with Crippen molar-refractivity contribution in [2.45, 2.75) is 16.1 Å². The average molecular weight is 292 g/mol. The zero-order chi connectivity index (χ0) is 13.8. The molecule has 0 heterocycles. The van der Waals surface area contributed by atoms with Crippen molar-refractivity contribution in [1.82, 2.24) is 0 Å². The van der Waals surface area contributed by atoms with E-state index in [1.54, 1.807) is 0 Å². The van der Waals surface area contributed by atoms with Gasteiger partial charge in [0.15, 0.2) is 16.1 Å². The van der Waals surface area contributed by atoms with Crippen LogP contribution in [0.5, 0.6) is 0 Å². The van der Waals surface area contributed by atoms with Crippen molar-refractivity contribution in [3.05, 3.63) is 24.3 Å². The molecule has 102 valence electrons. The van der Waals surface area contributed by atoms with E-state index in [-0.39, 0.29) is 10.6 Å². The molecule has 0 radical (unpaired) electrons. The van der Waals surface area contributed by atoms with E-state index in [1.807, 2.05) is 0 Å². The van der Waals surface area contributed by atoms with Gasteiger partial charge in [0.1, 0.15) is 0 Å². The summed E-state index contributed by atoms with van der Waals surface area (Å²) in [6, 6.07) is 5.96. The van der Waals surface area contributed by atoms with Gasteiger partial charge in [0, 0.05) is 25.4 Å². The Morgan fingerprint density at radius 3 is 2.06 bits per heavy atom. The van der Waals surface area contributed by atoms with Crippen LogP contribution in [-0.2, 0) is 30.1 Å². The van der Waals surface area contributed by atoms with Gasteiger partial charge in [0.2, 0.25) is 0 Å². The van der Waals surface area contributed by atoms with Crippen molar-refractivity contribution in [1.29, 1.82) is 0 Å². The number of rotatable bonds is 6. The summed E-state index contributed by atoms with van der Waals surface area (Å²) in [6.45, 7) is 0. The predicted molar refractivity (Wildman–Crippen MR) is 68.6 cm³/mol. The van der Waals surface area contributed by atoms with E-state index in [2.05, 4.69) is 0 Å². The van der Waals surface area contributed by atoms with Crippen LogP contribution in [0.15, 0.2) is 34.1 Å². The second-order valence-electron chi connectivity index (χ2n) is 3.66. The van der Waals surface area contributed by atoms with Crippen LogP contribution in [0.4, 0.5) is 0 Å². The molecule has 0 fully saturated rings. The van der Waals surface area contributed by atoms with E-state index in [1.165, 1.54) is 38.5 Å². The standard InChI is InChI=1S/C11H16O5S2/c1-15-11(16-2)8-17(12)9-4-6-10(7-5-9)18(3,13)14/h4-7,11H,8H2,1-3H3. The molecule has 0 spiro atoms. The Hall–Kier alpha value is -0.760. The Balaban J connectivity index is 2.83. The Kier molecular flexibility index (Phi) is 5.46. The van der Waals surface area contributed by atoms with Crippen molar-refractivity contribution in [2.24, 2.45) is 0 Å². The molecule has 0 amide bonds. The summed E-state index contributed by atoms with van der Waals surface area (Å²) in [6.07, 6.45) is 0.589. The Morgan fingerprint density at radius 1 is 1.17 bits per heavy atom. The van der Waals surface area contributed by atoms with E-state index in [4.69, 9.17) is 9.47 Å². The monoisotopic (exact) mass is 292 g/mol. The minimum atomic E-state index is -3.23. The van der Waals surface area contributed by atoms with Gasteiger partial charge in [-0.2, -0.15) is 0 Å². The fourth-order valence-electron chi connectivity index (χ4n) is 1.29. The summed E-state index contributed by atoms with van der Waals surface area (Å²) in [7, 11) is -1.58. The highest BCUT2D eigenvalue weighted by Gasteiger charge is 2.13. The minimum absolute atomic E-state index is 0.200. The molecule has 0 aromatic heterocycles. The molecule has 1 atom stereocenters. The summed E-state index contributed by atoms with van der Waals surface area (Å²) >= 11 is 0. The lowest BCUT2D eigenvalue weighted by molar-refractivity contribution is -0.0847. The summed E-state index contributed by atoms with van der Waals surface area (Å²) in [4.78, 5) is 0.750. The van der Waals surface area contributed by atoms with Crippen LogP contribution in [0.1, 0.15) is 0 Å². The third-order valence-corrected chi connectivity index (χ3v) is 4.83. The molecule has 0 N–H and O–H groups in total. The zero-order valence-electron chi connectivity index (χ0n) is 10.5. The molecule has 0 saturated carbocycles. The first kappa shape index (κ1) is 15.3. The van der Waals surface area contributed by atoms with Gasteiger partial charge in [-0.05, 0) is 24.3 Å². The minimum Gasteiger partial charge on any atom is -0.355 e. The van der Waals surface area contributed by atoms with Crippen LogP contribution in [-0.4, -0.2) is 45.1 Å². The highest BCUT2D eigenvalue weighted by molar-refractivity contribution is 7.90. The van der Waals surface area contributed by atoms with E-state index in [0.29, 0.717) is 4.90 Å². The summed E-state index contributed by atoms with van der Waals surface area (Å²) in [5, 5.41) is 0. The maximum Gasteiger partial charge on any atom is 0.175 e. The maximum absolute atomic E-state index is 11.9. The third kappa shape index (κ3) is 4.16. The number of ether oxygens (including phenoxy) is 2. The maximum atomic E-state index is 11.9. The Morgan fingerprint density at radius 2 is 1.67 bits per heavy atom. The molecule has 1 aromatic carbocycles. The largest absolute Gasteiger partial charge is 0.355 e. The molecule has 0 saturated heterocycles. The van der Waals surface area contributed by atoms with Gasteiger partial charge >= 0.3 is 0 Å². The molecule has 5 nitrogen and oxygen atoms in total. The molecule has 0 aliphatic rings. The van der Waals surface area contributed by atoms with Gasteiger partial charge in [-0.3, -0.25) is 4.21 Å². The second kappa shape index (κ2) is 6.42. The van der Waals surface area contributed by atoms with Gasteiger partial charge in [0.05, 0.1) is 21.4 Å². The van der Waals surface area contributed by atoms with Crippen LogP contribution < -0.4 is 0 Å². The fourth-order valence-corrected chi connectivity index (χ4v) is 3.07. The number of hydrogen-bond acceptors (Lipinski definition) is 5. The van der Waals surface area contributed by atoms with Crippen molar-refractivity contribution in [3.63, 3.8) is 0 Å². The van der Waals surface area contributed by atoms with E-state index in [9.17, 15) is 12.6 Å². The molecular weight excluding hydrogens is 276 g/mol. The zero-order valence-corrected chi connectivity index (χ0v) is 12.1. The highest BCUT2D eigenvalue weighted by atomic mass is 32.2. The quantitative estimate of drug-likeness (QED) is 0.726. The molecular formula is C11H16O5S2. The first-order chi connectivity index (χ1) is 8.38. The van der Waals surface area contributed by atoms with E-state index in [0.717, 1.165) is 6.26 Å². The van der Waals surface area contributed by atoms with Gasteiger partial charge in [-0.15, -0.1) is 0 Å². The highest BCUT2D eigenvalue weighted by Crippen LogP contribution is 2.14. The van der Waals surface area contributed by atoms with Gasteiger partial charge in [-0.1, -0.05) is 0 Å². The molecule has 18 heavy (non-hydrogen) atoms. The number of sulfone groups is 1. The molecule has 0 bridgehead atoms. The van der Waals surface area contributed by atoms with Gasteiger partial charge in [-0.25, -0.2) is 8.42 Å². The van der Waals surface area contributed by atoms with E-state index >= 15 is 0 Å². The van der Waals surface area contributed by atoms with Gasteiger partial charge in [0.25, 0.3) is 0 Å². The molecule has 1 aromatic rings. The molecule has 0 aliphatic heterocycles. The fraction of sp³-hybridized carbons (Fsp3) is 0.455. The number of benzene rings is 1. The molecule has 7 heteroatoms. The second-order valence-corrected chi connectivity index (χ2v) is 7.17. The first-order valence-corrected chi connectivity index (χ1v) is 8.33. The van der Waals surface area contributed by atoms with Crippen LogP contribution in [0.25, 0.3) is 0 Å². The molecule has 0 aliphatic carbocycles. The van der Waals surface area contributed by atoms with Gasteiger partial charge < -0.3 is 9.47 Å². The van der Waals surface area contributed by atoms with Crippen molar-refractivity contribution < 1.29 is 22.1 Å². The van der Waals surface area contributed by atoms with Crippen LogP contribution in [0, 0.1) is 0 Å². The number of hydrogen-bond donors (Lipinski definition) is 0. The van der Waals surface area contributed by atoms with Crippen molar-refractivity contribution in [2.75, 3.05) is 26.2 Å². The molecule has 1 unspecified atom stereocenters. The first-order valence-electron chi connectivity index (χ1n) is 5.12. The molecule has 1 rings (SSSR count). The third-order valence-electron chi connectivity index (χ3n) is 2.33. The van der Waals surface area contributed by atoms with Crippen LogP contribution in [0.2, 0.25) is 0 Å². The lowest BCUT2D eigenvalue weighted by Gasteiger charge is -2.12. The topological polar surface area (TPSA) is 69.7 Å². The SMILES string of the molecule is COC(CS(=O)c1ccc(S(C)(=O)=O)cc1)OC. The summed E-state index contributed by atoms with van der Waals surface area (Å²) in [5.41, 5.74) is 0. The lowest BCUT2D eigenvalue weighted by atomic mass is 10.4. The smallest absolute Gasteiger partial charge is 0.175 e. The lowest BCUT2D eigenvalue weighted by Crippen LogP contribution is -2.21. The normalized spacial score (nSPS) is 13.8. The summed E-state index contributed by atoms with van der Waals surface area (Å²) in [5.74, 6) is 0.200. The Bertz CT molecular complexity index is 503. The average Bonchev–Trinajstić information content (AvgIpc) is 2.34. The number of methoxy groups -OCH3 is 2. The summed E-state index contributed by atoms with van der Waals surface area (Å²) < 4.78 is 44.4. The van der Waals surface area contributed by atoms with Crippen LogP contribution >= 0.6 is 0 Å². The Labute approximate surface area is 109 Å². The predicted octanol–water partition coefficient (Wildman–Crippen LogP) is 0.817. The van der Waals surface area contributed by atoms with E-state index < -0.39 is 26.9 Å². The van der Waals surface area contributed by atoms with Crippen molar-refractivity contribution in [3.8, 4) is 0 Å². The van der Waals surface area contributed by atoms with Crippen molar-refractivity contribution >= 4 is 20.6 Å². The van der Waals surface area contributed by atoms with Crippen LogP contribution in [0.3, 0.4) is 0 Å².